The molecule has 306 valence electrons. The lowest BCUT2D eigenvalue weighted by Gasteiger charge is -2.33. The summed E-state index contributed by atoms with van der Waals surface area (Å²) < 4.78 is 21.2. The van der Waals surface area contributed by atoms with Gasteiger partial charge < -0.3 is 50.6 Å². The second-order valence-electron chi connectivity index (χ2n) is 14.1. The maximum Gasteiger partial charge on any atom is 0.326 e. The van der Waals surface area contributed by atoms with Crippen molar-refractivity contribution in [1.29, 1.82) is 0 Å². The van der Waals surface area contributed by atoms with Gasteiger partial charge in [0.05, 0.1) is 39.6 Å². The van der Waals surface area contributed by atoms with Gasteiger partial charge >= 0.3 is 5.97 Å². The molecule has 0 bridgehead atoms. The predicted molar refractivity (Wildman–Crippen MR) is 196 cm³/mol. The molecule has 0 unspecified atom stereocenters. The molecular weight excluding hydrogens is 694 g/mol. The van der Waals surface area contributed by atoms with Gasteiger partial charge in [-0.25, -0.2) is 4.79 Å². The predicted octanol–water partition coefficient (Wildman–Crippen LogP) is 0.869. The van der Waals surface area contributed by atoms with Crippen molar-refractivity contribution in [3.63, 3.8) is 0 Å². The van der Waals surface area contributed by atoms with Crippen molar-refractivity contribution >= 4 is 41.3 Å². The van der Waals surface area contributed by atoms with E-state index in [9.17, 15) is 38.7 Å². The van der Waals surface area contributed by atoms with Crippen molar-refractivity contribution in [2.24, 2.45) is 10.8 Å². The summed E-state index contributed by atoms with van der Waals surface area (Å²) in [5, 5.41) is 22.8. The van der Waals surface area contributed by atoms with Crippen molar-refractivity contribution < 1.29 is 57.6 Å². The summed E-state index contributed by atoms with van der Waals surface area (Å²) in [4.78, 5) is 83.5. The highest BCUT2D eigenvalue weighted by Crippen LogP contribution is 2.36. The van der Waals surface area contributed by atoms with Crippen LogP contribution >= 0.6 is 0 Å². The largest absolute Gasteiger partial charge is 0.480 e. The molecular formula is C36H65N5O12. The molecule has 0 aliphatic carbocycles. The van der Waals surface area contributed by atoms with Crippen LogP contribution in [0.4, 0.5) is 0 Å². The van der Waals surface area contributed by atoms with Gasteiger partial charge in [0.25, 0.3) is 0 Å². The Morgan fingerprint density at radius 1 is 0.604 bits per heavy atom. The van der Waals surface area contributed by atoms with E-state index in [1.165, 1.54) is 6.92 Å². The van der Waals surface area contributed by atoms with Crippen LogP contribution in [0.25, 0.3) is 0 Å². The zero-order valence-corrected chi connectivity index (χ0v) is 32.7. The van der Waals surface area contributed by atoms with Gasteiger partial charge in [-0.05, 0) is 38.0 Å². The van der Waals surface area contributed by atoms with E-state index in [0.717, 1.165) is 12.8 Å². The minimum Gasteiger partial charge on any atom is -0.480 e. The Hall–Kier alpha value is -3.67. The molecule has 0 aromatic rings. The molecule has 0 spiro atoms. The number of amides is 5. The number of carboxylic acid groups (broad SMARTS) is 1. The van der Waals surface area contributed by atoms with Crippen molar-refractivity contribution in [2.75, 3.05) is 79.0 Å². The van der Waals surface area contributed by atoms with E-state index in [4.69, 9.17) is 18.9 Å². The number of carbonyl (C=O) groups is 7. The van der Waals surface area contributed by atoms with Crippen LogP contribution in [-0.4, -0.2) is 131 Å². The average Bonchev–Trinajstić information content (AvgIpc) is 3.06. The Morgan fingerprint density at radius 2 is 1.08 bits per heavy atom. The molecule has 0 saturated heterocycles. The summed E-state index contributed by atoms with van der Waals surface area (Å²) >= 11 is 0. The van der Waals surface area contributed by atoms with Crippen LogP contribution in [0.1, 0.15) is 92.9 Å². The number of unbranched alkanes of at least 4 members (excludes halogenated alkanes) is 1. The lowest BCUT2D eigenvalue weighted by atomic mass is 9.71. The Kier molecular flexibility index (Phi) is 26.8. The summed E-state index contributed by atoms with van der Waals surface area (Å²) in [5.74, 6) is -2.71. The van der Waals surface area contributed by atoms with Crippen molar-refractivity contribution in [2.45, 2.75) is 99.0 Å². The van der Waals surface area contributed by atoms with Crippen LogP contribution in [-0.2, 0) is 52.5 Å². The number of rotatable bonds is 33. The summed E-state index contributed by atoms with van der Waals surface area (Å²) in [6.07, 6.45) is 3.16. The first-order valence-corrected chi connectivity index (χ1v) is 18.4. The molecule has 0 aliphatic heterocycles. The highest BCUT2D eigenvalue weighted by molar-refractivity contribution is 5.85. The van der Waals surface area contributed by atoms with Gasteiger partial charge in [-0.1, -0.05) is 41.0 Å². The second-order valence-corrected chi connectivity index (χ2v) is 14.1. The third-order valence-electron chi connectivity index (χ3n) is 7.91. The maximum atomic E-state index is 12.6. The molecule has 6 N–H and O–H groups in total. The molecule has 0 saturated carbocycles. The number of nitrogens with one attached hydrogen (secondary N) is 5. The molecule has 0 aromatic carbocycles. The first-order chi connectivity index (χ1) is 25.0. The lowest BCUT2D eigenvalue weighted by molar-refractivity contribution is -0.142. The van der Waals surface area contributed by atoms with Gasteiger partial charge in [0, 0.05) is 50.9 Å². The molecule has 0 rings (SSSR count). The molecule has 0 radical (unpaired) electrons. The number of aliphatic carboxylic acids is 1. The molecule has 0 aromatic heterocycles. The molecule has 0 heterocycles. The van der Waals surface area contributed by atoms with Crippen LogP contribution < -0.4 is 26.6 Å². The number of carboxylic acids is 1. The van der Waals surface area contributed by atoms with Gasteiger partial charge in [0.15, 0.2) is 0 Å². The van der Waals surface area contributed by atoms with E-state index < -0.39 is 34.7 Å². The summed E-state index contributed by atoms with van der Waals surface area (Å²) in [6, 6.07) is -1.23. The number of Topliss-reactive ketones (excluding diaryl/α,β-unsaturated/α-hetero) is 1. The van der Waals surface area contributed by atoms with Crippen LogP contribution in [0.5, 0.6) is 0 Å². The smallest absolute Gasteiger partial charge is 0.326 e. The van der Waals surface area contributed by atoms with Crippen molar-refractivity contribution in [3.05, 3.63) is 0 Å². The van der Waals surface area contributed by atoms with Crippen LogP contribution in [0.15, 0.2) is 0 Å². The highest BCUT2D eigenvalue weighted by Gasteiger charge is 2.34. The first-order valence-electron chi connectivity index (χ1n) is 18.4. The highest BCUT2D eigenvalue weighted by atomic mass is 16.5. The summed E-state index contributed by atoms with van der Waals surface area (Å²) in [7, 11) is 0. The minimum atomic E-state index is -1.24. The number of hydrogen-bond acceptors (Lipinski definition) is 11. The Bertz CT molecular complexity index is 1130. The number of ketones is 1. The topological polar surface area (TPSA) is 237 Å². The van der Waals surface area contributed by atoms with E-state index in [1.54, 1.807) is 0 Å². The van der Waals surface area contributed by atoms with E-state index in [0.29, 0.717) is 32.4 Å². The Balaban J connectivity index is 3.83. The van der Waals surface area contributed by atoms with Gasteiger partial charge in [-0.2, -0.15) is 0 Å². The molecule has 17 heteroatoms. The van der Waals surface area contributed by atoms with E-state index in [-0.39, 0.29) is 109 Å². The molecule has 17 nitrogen and oxygen atoms in total. The monoisotopic (exact) mass is 759 g/mol. The summed E-state index contributed by atoms with van der Waals surface area (Å²) in [5.41, 5.74) is -1.15. The quantitative estimate of drug-likeness (QED) is 0.0512. The van der Waals surface area contributed by atoms with Gasteiger partial charge in [0.2, 0.25) is 29.5 Å². The fourth-order valence-electron chi connectivity index (χ4n) is 5.05. The van der Waals surface area contributed by atoms with Crippen molar-refractivity contribution in [1.82, 2.24) is 26.6 Å². The third kappa shape index (κ3) is 28.5. The first kappa shape index (κ1) is 49.3. The van der Waals surface area contributed by atoms with Crippen LogP contribution in [0, 0.1) is 10.8 Å². The zero-order valence-electron chi connectivity index (χ0n) is 32.7. The van der Waals surface area contributed by atoms with Crippen molar-refractivity contribution in [3.8, 4) is 0 Å². The van der Waals surface area contributed by atoms with Gasteiger partial charge in [0.1, 0.15) is 25.0 Å². The fraction of sp³-hybridized carbons (Fsp3) is 0.806. The minimum absolute atomic E-state index is 0.00842. The van der Waals surface area contributed by atoms with E-state index >= 15 is 0 Å². The van der Waals surface area contributed by atoms with Gasteiger partial charge in [-0.15, -0.1) is 0 Å². The zero-order chi connectivity index (χ0) is 40.1. The average molecular weight is 760 g/mol. The molecule has 0 aliphatic rings. The maximum absolute atomic E-state index is 12.6. The number of ether oxygens (including phenoxy) is 4. The normalized spacial score (nSPS) is 12.0. The number of hydrogen-bond donors (Lipinski definition) is 6. The number of carbonyl (C=O) groups excluding carboxylic acids is 6. The second kappa shape index (κ2) is 28.8. The molecule has 1 atom stereocenters. The van der Waals surface area contributed by atoms with E-state index in [1.807, 2.05) is 27.7 Å². The van der Waals surface area contributed by atoms with Crippen LogP contribution in [0.3, 0.4) is 0 Å². The fourth-order valence-corrected chi connectivity index (χ4v) is 5.05. The third-order valence-corrected chi connectivity index (χ3v) is 7.91. The Labute approximate surface area is 314 Å². The Morgan fingerprint density at radius 3 is 1.60 bits per heavy atom. The van der Waals surface area contributed by atoms with Crippen LogP contribution in [0.2, 0.25) is 0 Å². The standard InChI is InChI=1S/C36H65N5O12/c1-7-8-13-37-29(43)10-9-14-38-32(46)24-52-21-20-51-18-16-40-33(47)25-53-22-19-50-17-15-39-30(44)12-11-28(34(48)49)41-31(45)23-35(3,4)26-36(5,6)27(2)42/h28H,7-26H2,1-6H3,(H,37,43)(H,38,46)(H,39,44)(H,40,47)(H,41,45)(H,48,49)/t28-/m0/s1. The SMILES string of the molecule is CCCCNC(=O)CCCNC(=O)COCCOCCNC(=O)COCCOCCNC(=O)CC[C@H](NC(=O)CC(C)(C)CC(C)(C)C(C)=O)C(=O)O. The van der Waals surface area contributed by atoms with Gasteiger partial charge in [-0.3, -0.25) is 28.8 Å². The molecule has 5 amide bonds. The van der Waals surface area contributed by atoms with E-state index in [2.05, 4.69) is 33.5 Å². The molecule has 53 heavy (non-hydrogen) atoms. The summed E-state index contributed by atoms with van der Waals surface area (Å²) in [6.45, 7) is 13.3. The molecule has 0 fully saturated rings. The lowest BCUT2D eigenvalue weighted by Crippen LogP contribution is -2.43.